The molecule has 2 heterocycles. The average molecular weight is 428 g/mol. The third-order valence-corrected chi connectivity index (χ3v) is 6.52. The Morgan fingerprint density at radius 2 is 1.68 bits per heavy atom. The highest BCUT2D eigenvalue weighted by atomic mass is 16.2. The predicted molar refractivity (Wildman–Crippen MR) is 128 cm³/mol. The predicted octanol–water partition coefficient (Wildman–Crippen LogP) is 3.37. The van der Waals surface area contributed by atoms with Crippen molar-refractivity contribution in [3.8, 4) is 0 Å². The Hall–Kier alpha value is -2.08. The summed E-state index contributed by atoms with van der Waals surface area (Å²) in [4.78, 5) is 21.2. The van der Waals surface area contributed by atoms with E-state index in [1.807, 2.05) is 25.8 Å². The SMILES string of the molecule is CN=C(NCc1ccccc1CN1CCCCCC1)NC1CCN(C(=O)C(C)C)CC1. The van der Waals surface area contributed by atoms with Gasteiger partial charge < -0.3 is 15.5 Å². The summed E-state index contributed by atoms with van der Waals surface area (Å²) in [5.41, 5.74) is 2.75. The first-order valence-corrected chi connectivity index (χ1v) is 12.1. The molecule has 0 aliphatic carbocycles. The number of benzene rings is 1. The van der Waals surface area contributed by atoms with E-state index in [9.17, 15) is 4.79 Å². The van der Waals surface area contributed by atoms with Gasteiger partial charge in [0.2, 0.25) is 5.91 Å². The van der Waals surface area contributed by atoms with Crippen LogP contribution < -0.4 is 10.6 Å². The number of hydrogen-bond donors (Lipinski definition) is 2. The fourth-order valence-electron chi connectivity index (χ4n) is 4.60. The van der Waals surface area contributed by atoms with Gasteiger partial charge in [-0.15, -0.1) is 0 Å². The Morgan fingerprint density at radius 1 is 1.03 bits per heavy atom. The van der Waals surface area contributed by atoms with Crippen LogP contribution in [0.1, 0.15) is 63.5 Å². The fraction of sp³-hybridized carbons (Fsp3) is 0.680. The van der Waals surface area contributed by atoms with E-state index in [1.54, 1.807) is 0 Å². The molecule has 0 spiro atoms. The Morgan fingerprint density at radius 3 is 2.29 bits per heavy atom. The number of nitrogens with zero attached hydrogens (tertiary/aromatic N) is 3. The lowest BCUT2D eigenvalue weighted by Gasteiger charge is -2.34. The molecule has 0 bridgehead atoms. The third-order valence-electron chi connectivity index (χ3n) is 6.52. The van der Waals surface area contributed by atoms with E-state index in [-0.39, 0.29) is 11.8 Å². The average Bonchev–Trinajstić information content (AvgIpc) is 3.06. The van der Waals surface area contributed by atoms with E-state index in [0.717, 1.165) is 45.0 Å². The van der Waals surface area contributed by atoms with E-state index in [1.165, 1.54) is 49.9 Å². The van der Waals surface area contributed by atoms with Gasteiger partial charge in [-0.05, 0) is 49.9 Å². The number of aliphatic imine (C=N–C) groups is 1. The molecule has 0 unspecified atom stereocenters. The number of amides is 1. The van der Waals surface area contributed by atoms with E-state index >= 15 is 0 Å². The van der Waals surface area contributed by atoms with Gasteiger partial charge in [-0.2, -0.15) is 0 Å². The molecule has 0 atom stereocenters. The molecule has 0 aromatic heterocycles. The smallest absolute Gasteiger partial charge is 0.225 e. The lowest BCUT2D eigenvalue weighted by Crippen LogP contribution is -2.50. The Balaban J connectivity index is 1.49. The van der Waals surface area contributed by atoms with Crippen molar-refractivity contribution in [2.45, 2.75) is 71.5 Å². The molecule has 3 rings (SSSR count). The number of carbonyl (C=O) groups is 1. The summed E-state index contributed by atoms with van der Waals surface area (Å²) < 4.78 is 0. The summed E-state index contributed by atoms with van der Waals surface area (Å²) in [6.45, 7) is 9.83. The van der Waals surface area contributed by atoms with Gasteiger partial charge in [0, 0.05) is 45.2 Å². The molecule has 6 nitrogen and oxygen atoms in total. The molecular formula is C25H41N5O. The highest BCUT2D eigenvalue weighted by Gasteiger charge is 2.24. The van der Waals surface area contributed by atoms with Crippen LogP contribution in [-0.2, 0) is 17.9 Å². The van der Waals surface area contributed by atoms with Gasteiger partial charge in [0.1, 0.15) is 0 Å². The van der Waals surface area contributed by atoms with Gasteiger partial charge in [-0.1, -0.05) is 51.0 Å². The zero-order valence-electron chi connectivity index (χ0n) is 19.7. The van der Waals surface area contributed by atoms with E-state index < -0.39 is 0 Å². The van der Waals surface area contributed by atoms with Gasteiger partial charge in [0.05, 0.1) is 0 Å². The first-order valence-electron chi connectivity index (χ1n) is 12.1. The van der Waals surface area contributed by atoms with Crippen molar-refractivity contribution in [2.75, 3.05) is 33.2 Å². The molecule has 6 heteroatoms. The number of carbonyl (C=O) groups excluding carboxylic acids is 1. The summed E-state index contributed by atoms with van der Waals surface area (Å²) in [5.74, 6) is 1.19. The van der Waals surface area contributed by atoms with Crippen LogP contribution in [0.25, 0.3) is 0 Å². The van der Waals surface area contributed by atoms with Gasteiger partial charge in [0.25, 0.3) is 0 Å². The van der Waals surface area contributed by atoms with Crippen LogP contribution in [0.2, 0.25) is 0 Å². The second kappa shape index (κ2) is 12.1. The molecular weight excluding hydrogens is 386 g/mol. The molecule has 31 heavy (non-hydrogen) atoms. The molecule has 0 saturated carbocycles. The van der Waals surface area contributed by atoms with E-state index in [0.29, 0.717) is 6.04 Å². The van der Waals surface area contributed by atoms with Crippen LogP contribution in [0.3, 0.4) is 0 Å². The molecule has 172 valence electrons. The van der Waals surface area contributed by atoms with Crippen molar-refractivity contribution in [1.29, 1.82) is 0 Å². The molecule has 0 radical (unpaired) electrons. The third kappa shape index (κ3) is 7.23. The molecule has 1 aromatic rings. The molecule has 2 saturated heterocycles. The summed E-state index contributed by atoms with van der Waals surface area (Å²) in [6, 6.07) is 9.12. The number of rotatable bonds is 6. The van der Waals surface area contributed by atoms with Crippen LogP contribution in [0.5, 0.6) is 0 Å². The Kier molecular flexibility index (Phi) is 9.19. The number of guanidine groups is 1. The Labute approximate surface area is 188 Å². The summed E-state index contributed by atoms with van der Waals surface area (Å²) >= 11 is 0. The summed E-state index contributed by atoms with van der Waals surface area (Å²) in [7, 11) is 1.83. The van der Waals surface area contributed by atoms with Crippen molar-refractivity contribution in [1.82, 2.24) is 20.4 Å². The quantitative estimate of drug-likeness (QED) is 0.540. The maximum absolute atomic E-state index is 12.2. The first kappa shape index (κ1) is 23.6. The highest BCUT2D eigenvalue weighted by molar-refractivity contribution is 5.80. The van der Waals surface area contributed by atoms with Crippen LogP contribution >= 0.6 is 0 Å². The van der Waals surface area contributed by atoms with Crippen LogP contribution in [0.4, 0.5) is 0 Å². The molecule has 2 aliphatic heterocycles. The topological polar surface area (TPSA) is 60.0 Å². The lowest BCUT2D eigenvalue weighted by atomic mass is 10.0. The van der Waals surface area contributed by atoms with Gasteiger partial charge in [-0.25, -0.2) is 0 Å². The summed E-state index contributed by atoms with van der Waals surface area (Å²) in [5, 5.41) is 7.08. The van der Waals surface area contributed by atoms with Crippen molar-refractivity contribution < 1.29 is 4.79 Å². The maximum Gasteiger partial charge on any atom is 0.225 e. The maximum atomic E-state index is 12.2. The van der Waals surface area contributed by atoms with Crippen LogP contribution in [-0.4, -0.2) is 60.9 Å². The molecule has 1 amide bonds. The second-order valence-electron chi connectivity index (χ2n) is 9.28. The minimum absolute atomic E-state index is 0.0772. The lowest BCUT2D eigenvalue weighted by molar-refractivity contribution is -0.135. The van der Waals surface area contributed by atoms with Gasteiger partial charge in [-0.3, -0.25) is 14.7 Å². The van der Waals surface area contributed by atoms with E-state index in [4.69, 9.17) is 0 Å². The zero-order chi connectivity index (χ0) is 22.1. The van der Waals surface area contributed by atoms with Crippen LogP contribution in [0.15, 0.2) is 29.3 Å². The molecule has 2 aliphatic rings. The number of likely N-dealkylation sites (tertiary alicyclic amines) is 2. The normalized spacial score (nSPS) is 19.4. The van der Waals surface area contributed by atoms with Crippen molar-refractivity contribution in [2.24, 2.45) is 10.9 Å². The highest BCUT2D eigenvalue weighted by Crippen LogP contribution is 2.17. The zero-order valence-corrected chi connectivity index (χ0v) is 19.7. The Bertz CT molecular complexity index is 716. The molecule has 2 fully saturated rings. The second-order valence-corrected chi connectivity index (χ2v) is 9.28. The van der Waals surface area contributed by atoms with Gasteiger partial charge >= 0.3 is 0 Å². The largest absolute Gasteiger partial charge is 0.354 e. The first-order chi connectivity index (χ1) is 15.1. The number of hydrogen-bond acceptors (Lipinski definition) is 3. The van der Waals surface area contributed by atoms with E-state index in [2.05, 4.69) is 44.8 Å². The van der Waals surface area contributed by atoms with Gasteiger partial charge in [0.15, 0.2) is 5.96 Å². The fourth-order valence-corrected chi connectivity index (χ4v) is 4.60. The minimum Gasteiger partial charge on any atom is -0.354 e. The summed E-state index contributed by atoms with van der Waals surface area (Å²) in [6.07, 6.45) is 7.30. The number of nitrogens with one attached hydrogen (secondary N) is 2. The molecule has 2 N–H and O–H groups in total. The minimum atomic E-state index is 0.0772. The van der Waals surface area contributed by atoms with Crippen LogP contribution in [0, 0.1) is 5.92 Å². The standard InChI is InChI=1S/C25H41N5O/c1-20(2)24(31)30-16-12-23(13-17-30)28-25(26-3)27-18-21-10-6-7-11-22(21)19-29-14-8-4-5-9-15-29/h6-7,10-11,20,23H,4-5,8-9,12-19H2,1-3H3,(H2,26,27,28). The number of piperidine rings is 1. The monoisotopic (exact) mass is 427 g/mol. The molecule has 1 aromatic carbocycles. The van der Waals surface area contributed by atoms with Crippen molar-refractivity contribution >= 4 is 11.9 Å². The van der Waals surface area contributed by atoms with Crippen molar-refractivity contribution in [3.63, 3.8) is 0 Å². The van der Waals surface area contributed by atoms with Crippen molar-refractivity contribution in [3.05, 3.63) is 35.4 Å².